The summed E-state index contributed by atoms with van der Waals surface area (Å²) in [6.45, 7) is 13.0. The largest absolute Gasteiger partial charge is 0.481 e. The molecule has 4 rings (SSSR count). The van der Waals surface area contributed by atoms with Crippen LogP contribution in [0.5, 0.6) is 0 Å². The monoisotopic (exact) mass is 490 g/mol. The van der Waals surface area contributed by atoms with Gasteiger partial charge in [-0.3, -0.25) is 9.59 Å². The van der Waals surface area contributed by atoms with Gasteiger partial charge < -0.3 is 14.9 Å². The lowest BCUT2D eigenvalue weighted by Gasteiger charge is -2.62. The SMILES string of the molecule is CCC(C)(C)C(=O)OC1CCC2(C)C(CCC3C2CC(O)C2(C)C(C(C)CCC(=O)O)CCC32)C1. The Hall–Kier alpha value is -1.10. The van der Waals surface area contributed by atoms with Crippen LogP contribution in [0, 0.1) is 51.8 Å². The molecule has 0 aromatic heterocycles. The number of fused-ring (bicyclic) bond motifs is 5. The van der Waals surface area contributed by atoms with E-state index in [4.69, 9.17) is 4.74 Å². The van der Waals surface area contributed by atoms with Crippen molar-refractivity contribution in [2.45, 2.75) is 124 Å². The molecule has 0 bridgehead atoms. The van der Waals surface area contributed by atoms with Crippen LogP contribution in [0.3, 0.4) is 0 Å². The molecule has 0 heterocycles. The van der Waals surface area contributed by atoms with E-state index in [1.54, 1.807) is 0 Å². The van der Waals surface area contributed by atoms with Crippen LogP contribution in [-0.4, -0.2) is 34.4 Å². The van der Waals surface area contributed by atoms with E-state index >= 15 is 0 Å². The Morgan fingerprint density at radius 2 is 1.77 bits per heavy atom. The van der Waals surface area contributed by atoms with Gasteiger partial charge in [-0.1, -0.05) is 27.7 Å². The Kier molecular flexibility index (Phi) is 7.43. The van der Waals surface area contributed by atoms with Crippen molar-refractivity contribution in [3.8, 4) is 0 Å². The second kappa shape index (κ2) is 9.65. The van der Waals surface area contributed by atoms with Crippen molar-refractivity contribution in [1.29, 1.82) is 0 Å². The minimum absolute atomic E-state index is 0.0349. The number of carbonyl (C=O) groups excluding carboxylic acids is 1. The zero-order valence-corrected chi connectivity index (χ0v) is 23.0. The molecule has 4 saturated carbocycles. The van der Waals surface area contributed by atoms with Crippen LogP contribution in [0.15, 0.2) is 0 Å². The van der Waals surface area contributed by atoms with Gasteiger partial charge in [0.25, 0.3) is 0 Å². The molecule has 35 heavy (non-hydrogen) atoms. The Labute approximate surface area is 212 Å². The third-order valence-corrected chi connectivity index (χ3v) is 12.0. The third-order valence-electron chi connectivity index (χ3n) is 12.0. The van der Waals surface area contributed by atoms with Crippen LogP contribution < -0.4 is 0 Å². The molecule has 200 valence electrons. The number of carboxylic acid groups (broad SMARTS) is 1. The number of hydrogen-bond donors (Lipinski definition) is 2. The molecule has 5 nitrogen and oxygen atoms in total. The number of carboxylic acids is 1. The van der Waals surface area contributed by atoms with E-state index in [1.165, 1.54) is 19.3 Å². The molecule has 0 aromatic rings. The zero-order chi connectivity index (χ0) is 25.8. The van der Waals surface area contributed by atoms with E-state index < -0.39 is 11.4 Å². The average molecular weight is 491 g/mol. The molecule has 0 spiro atoms. The summed E-state index contributed by atoms with van der Waals surface area (Å²) in [6.07, 6.45) is 10.0. The van der Waals surface area contributed by atoms with Crippen LogP contribution in [0.2, 0.25) is 0 Å². The number of aliphatic hydroxyl groups excluding tert-OH is 1. The first kappa shape index (κ1) is 26.9. The van der Waals surface area contributed by atoms with Crippen LogP contribution in [0.1, 0.15) is 112 Å². The molecule has 4 fully saturated rings. The maximum atomic E-state index is 12.7. The predicted molar refractivity (Wildman–Crippen MR) is 137 cm³/mol. The van der Waals surface area contributed by atoms with Crippen LogP contribution in [0.4, 0.5) is 0 Å². The molecule has 4 aliphatic rings. The lowest BCUT2D eigenvalue weighted by atomic mass is 9.43. The van der Waals surface area contributed by atoms with E-state index in [2.05, 4.69) is 20.8 Å². The topological polar surface area (TPSA) is 83.8 Å². The van der Waals surface area contributed by atoms with Crippen molar-refractivity contribution in [1.82, 2.24) is 0 Å². The van der Waals surface area contributed by atoms with Gasteiger partial charge >= 0.3 is 11.9 Å². The predicted octanol–water partition coefficient (Wildman–Crippen LogP) is 6.47. The van der Waals surface area contributed by atoms with Crippen LogP contribution in [0.25, 0.3) is 0 Å². The Morgan fingerprint density at radius 1 is 1.06 bits per heavy atom. The number of carbonyl (C=O) groups is 2. The van der Waals surface area contributed by atoms with E-state index in [-0.39, 0.29) is 35.4 Å². The summed E-state index contributed by atoms with van der Waals surface area (Å²) in [7, 11) is 0. The summed E-state index contributed by atoms with van der Waals surface area (Å²) in [5.41, 5.74) is -0.306. The van der Waals surface area contributed by atoms with Crippen LogP contribution in [-0.2, 0) is 14.3 Å². The molecule has 10 atom stereocenters. The Balaban J connectivity index is 1.47. The second-order valence-corrected chi connectivity index (χ2v) is 13.9. The molecule has 0 radical (unpaired) electrons. The molecule has 10 unspecified atom stereocenters. The number of ether oxygens (including phenoxy) is 1. The maximum Gasteiger partial charge on any atom is 0.311 e. The number of aliphatic hydroxyl groups is 1. The standard InChI is InChI=1S/C30H50O5/c1-7-28(3,4)27(34)35-20-14-15-29(5)19(16-20)9-10-21-23-12-11-22(18(2)8-13-26(32)33)30(23,6)25(31)17-24(21)29/h18-25,31H,7-17H2,1-6H3,(H,32,33). The Bertz CT molecular complexity index is 807. The van der Waals surface area contributed by atoms with Gasteiger partial charge in [0.2, 0.25) is 0 Å². The molecule has 4 aliphatic carbocycles. The van der Waals surface area contributed by atoms with Gasteiger partial charge in [-0.2, -0.15) is 0 Å². The van der Waals surface area contributed by atoms with Crippen molar-refractivity contribution in [2.24, 2.45) is 51.8 Å². The number of hydrogen-bond acceptors (Lipinski definition) is 4. The molecule has 0 amide bonds. The summed E-state index contributed by atoms with van der Waals surface area (Å²) in [4.78, 5) is 23.9. The van der Waals surface area contributed by atoms with Crippen molar-refractivity contribution >= 4 is 11.9 Å². The molecule has 2 N–H and O–H groups in total. The van der Waals surface area contributed by atoms with Gasteiger partial charge in [0.1, 0.15) is 6.10 Å². The lowest BCUT2D eigenvalue weighted by Crippen LogP contribution is -2.59. The Morgan fingerprint density at radius 3 is 2.43 bits per heavy atom. The van der Waals surface area contributed by atoms with E-state index in [1.807, 2.05) is 20.8 Å². The molecular weight excluding hydrogens is 440 g/mol. The summed E-state index contributed by atoms with van der Waals surface area (Å²) >= 11 is 0. The van der Waals surface area contributed by atoms with Crippen molar-refractivity contribution < 1.29 is 24.5 Å². The maximum absolute atomic E-state index is 12.7. The van der Waals surface area contributed by atoms with Gasteiger partial charge in [0.15, 0.2) is 0 Å². The number of rotatable bonds is 7. The minimum atomic E-state index is -0.716. The van der Waals surface area contributed by atoms with Crippen molar-refractivity contribution in [3.63, 3.8) is 0 Å². The average Bonchev–Trinajstić information content (AvgIpc) is 3.17. The first-order valence-electron chi connectivity index (χ1n) is 14.5. The van der Waals surface area contributed by atoms with Gasteiger partial charge in [0, 0.05) is 6.42 Å². The number of aliphatic carboxylic acids is 1. The molecule has 0 aromatic carbocycles. The summed E-state index contributed by atoms with van der Waals surface area (Å²) in [6, 6.07) is 0. The zero-order valence-electron chi connectivity index (χ0n) is 23.0. The third kappa shape index (κ3) is 4.57. The molecule has 5 heteroatoms. The summed E-state index contributed by atoms with van der Waals surface area (Å²) in [5.74, 6) is 2.25. The fraction of sp³-hybridized carbons (Fsp3) is 0.933. The van der Waals surface area contributed by atoms with Gasteiger partial charge in [-0.25, -0.2) is 0 Å². The van der Waals surface area contributed by atoms with Crippen LogP contribution >= 0.6 is 0 Å². The lowest BCUT2D eigenvalue weighted by molar-refractivity contribution is -0.185. The van der Waals surface area contributed by atoms with Crippen molar-refractivity contribution in [2.75, 3.05) is 0 Å². The van der Waals surface area contributed by atoms with Gasteiger partial charge in [0.05, 0.1) is 11.5 Å². The van der Waals surface area contributed by atoms with E-state index in [0.717, 1.165) is 38.5 Å². The first-order valence-corrected chi connectivity index (χ1v) is 14.5. The van der Waals surface area contributed by atoms with Gasteiger partial charge in [-0.05, 0) is 124 Å². The highest BCUT2D eigenvalue weighted by Crippen LogP contribution is 2.68. The highest BCUT2D eigenvalue weighted by molar-refractivity contribution is 5.76. The normalized spacial score (nSPS) is 44.0. The summed E-state index contributed by atoms with van der Waals surface area (Å²) in [5, 5.41) is 20.9. The first-order chi connectivity index (χ1) is 16.3. The highest BCUT2D eigenvalue weighted by Gasteiger charge is 2.63. The second-order valence-electron chi connectivity index (χ2n) is 13.9. The number of esters is 1. The smallest absolute Gasteiger partial charge is 0.311 e. The fourth-order valence-corrected chi connectivity index (χ4v) is 9.26. The quantitative estimate of drug-likeness (QED) is 0.400. The molecule has 0 aliphatic heterocycles. The molecular formula is C30H50O5. The van der Waals surface area contributed by atoms with E-state index in [0.29, 0.717) is 41.9 Å². The fourth-order valence-electron chi connectivity index (χ4n) is 9.26. The molecule has 0 saturated heterocycles. The highest BCUT2D eigenvalue weighted by atomic mass is 16.5. The van der Waals surface area contributed by atoms with E-state index in [9.17, 15) is 19.8 Å². The van der Waals surface area contributed by atoms with Gasteiger partial charge in [-0.15, -0.1) is 0 Å². The minimum Gasteiger partial charge on any atom is -0.481 e. The van der Waals surface area contributed by atoms with Crippen molar-refractivity contribution in [3.05, 3.63) is 0 Å². The summed E-state index contributed by atoms with van der Waals surface area (Å²) < 4.78 is 6.03.